The number of aryl methyl sites for hydroxylation is 2. The minimum Gasteiger partial charge on any atom is -0.457 e. The highest BCUT2D eigenvalue weighted by atomic mass is 35.5. The standard InChI is InChI=1S/C17H21ClN2O/c1-4-6-19-11-15-10-16(5-7-20-15)21-17-12(2)8-14(18)9-13(17)3/h5,7-10,19H,4,6,11H2,1-3H3. The first kappa shape index (κ1) is 15.8. The van der Waals surface area contributed by atoms with Crippen molar-refractivity contribution in [2.75, 3.05) is 6.54 Å². The Balaban J connectivity index is 2.15. The molecule has 0 saturated carbocycles. The van der Waals surface area contributed by atoms with E-state index in [1.807, 2.05) is 38.1 Å². The molecule has 0 aliphatic heterocycles. The number of nitrogens with one attached hydrogen (secondary N) is 1. The molecule has 0 aliphatic carbocycles. The van der Waals surface area contributed by atoms with Gasteiger partial charge in [-0.2, -0.15) is 0 Å². The molecule has 2 rings (SSSR count). The second kappa shape index (κ2) is 7.43. The van der Waals surface area contributed by atoms with Crippen molar-refractivity contribution >= 4 is 11.6 Å². The van der Waals surface area contributed by atoms with Gasteiger partial charge in [-0.1, -0.05) is 18.5 Å². The van der Waals surface area contributed by atoms with E-state index in [-0.39, 0.29) is 0 Å². The van der Waals surface area contributed by atoms with E-state index >= 15 is 0 Å². The lowest BCUT2D eigenvalue weighted by Gasteiger charge is -2.13. The lowest BCUT2D eigenvalue weighted by molar-refractivity contribution is 0.473. The average Bonchev–Trinajstić information content (AvgIpc) is 2.44. The van der Waals surface area contributed by atoms with Gasteiger partial charge in [-0.25, -0.2) is 0 Å². The van der Waals surface area contributed by atoms with Crippen LogP contribution in [-0.4, -0.2) is 11.5 Å². The van der Waals surface area contributed by atoms with E-state index in [9.17, 15) is 0 Å². The van der Waals surface area contributed by atoms with Crippen LogP contribution in [0, 0.1) is 13.8 Å². The predicted octanol–water partition coefficient (Wildman–Crippen LogP) is 4.64. The van der Waals surface area contributed by atoms with Crippen molar-refractivity contribution in [1.29, 1.82) is 0 Å². The van der Waals surface area contributed by atoms with E-state index in [0.717, 1.165) is 52.9 Å². The van der Waals surface area contributed by atoms with Crippen LogP contribution in [0.1, 0.15) is 30.2 Å². The molecule has 0 unspecified atom stereocenters. The third-order valence-electron chi connectivity index (χ3n) is 3.17. The molecule has 1 aromatic carbocycles. The van der Waals surface area contributed by atoms with Gasteiger partial charge in [0.2, 0.25) is 0 Å². The minimum atomic E-state index is 0.733. The number of hydrogen-bond donors (Lipinski definition) is 1. The van der Waals surface area contributed by atoms with Crippen LogP contribution in [0.15, 0.2) is 30.5 Å². The van der Waals surface area contributed by atoms with Crippen LogP contribution in [-0.2, 0) is 6.54 Å². The van der Waals surface area contributed by atoms with Gasteiger partial charge in [-0.15, -0.1) is 0 Å². The summed E-state index contributed by atoms with van der Waals surface area (Å²) < 4.78 is 6.02. The Hall–Kier alpha value is -1.58. The lowest BCUT2D eigenvalue weighted by atomic mass is 10.1. The smallest absolute Gasteiger partial charge is 0.133 e. The molecule has 112 valence electrons. The van der Waals surface area contributed by atoms with Gasteiger partial charge >= 0.3 is 0 Å². The Morgan fingerprint density at radius 2 is 1.90 bits per heavy atom. The zero-order chi connectivity index (χ0) is 15.2. The summed E-state index contributed by atoms with van der Waals surface area (Å²) in [6, 6.07) is 7.66. The number of benzene rings is 1. The topological polar surface area (TPSA) is 34.1 Å². The predicted molar refractivity (Wildman–Crippen MR) is 87.2 cm³/mol. The fourth-order valence-electron chi connectivity index (χ4n) is 2.19. The Labute approximate surface area is 131 Å². The van der Waals surface area contributed by atoms with Gasteiger partial charge in [0.1, 0.15) is 11.5 Å². The summed E-state index contributed by atoms with van der Waals surface area (Å²) in [6.07, 6.45) is 2.89. The second-order valence-electron chi connectivity index (χ2n) is 5.13. The maximum absolute atomic E-state index is 6.05. The zero-order valence-electron chi connectivity index (χ0n) is 12.7. The lowest BCUT2D eigenvalue weighted by Crippen LogP contribution is -2.14. The fraction of sp³-hybridized carbons (Fsp3) is 0.353. The largest absolute Gasteiger partial charge is 0.457 e. The third-order valence-corrected chi connectivity index (χ3v) is 3.38. The maximum atomic E-state index is 6.05. The molecule has 0 aliphatic rings. The van der Waals surface area contributed by atoms with Gasteiger partial charge < -0.3 is 10.1 Å². The minimum absolute atomic E-state index is 0.733. The first-order valence-electron chi connectivity index (χ1n) is 7.20. The van der Waals surface area contributed by atoms with E-state index in [1.165, 1.54) is 0 Å². The number of hydrogen-bond acceptors (Lipinski definition) is 3. The van der Waals surface area contributed by atoms with Crippen LogP contribution < -0.4 is 10.1 Å². The number of halogens is 1. The molecule has 0 atom stereocenters. The molecule has 0 amide bonds. The van der Waals surface area contributed by atoms with Gasteiger partial charge in [-0.3, -0.25) is 4.98 Å². The van der Waals surface area contributed by atoms with Gasteiger partial charge in [-0.05, 0) is 56.1 Å². The molecule has 1 heterocycles. The first-order valence-corrected chi connectivity index (χ1v) is 7.58. The van der Waals surface area contributed by atoms with E-state index in [0.29, 0.717) is 0 Å². The van der Waals surface area contributed by atoms with E-state index in [4.69, 9.17) is 16.3 Å². The average molecular weight is 305 g/mol. The van der Waals surface area contributed by atoms with Crippen molar-refractivity contribution in [3.63, 3.8) is 0 Å². The second-order valence-corrected chi connectivity index (χ2v) is 5.57. The highest BCUT2D eigenvalue weighted by molar-refractivity contribution is 6.30. The summed E-state index contributed by atoms with van der Waals surface area (Å²) in [4.78, 5) is 4.35. The molecule has 1 aromatic heterocycles. The molecule has 0 saturated heterocycles. The summed E-state index contributed by atoms with van der Waals surface area (Å²) in [5.74, 6) is 1.66. The van der Waals surface area contributed by atoms with Crippen molar-refractivity contribution in [2.45, 2.75) is 33.7 Å². The molecular weight excluding hydrogens is 284 g/mol. The fourth-order valence-corrected chi connectivity index (χ4v) is 2.51. The number of pyridine rings is 1. The highest BCUT2D eigenvalue weighted by Gasteiger charge is 2.08. The zero-order valence-corrected chi connectivity index (χ0v) is 13.5. The third kappa shape index (κ3) is 4.45. The van der Waals surface area contributed by atoms with Gasteiger partial charge in [0.15, 0.2) is 0 Å². The van der Waals surface area contributed by atoms with Crippen molar-refractivity contribution in [3.8, 4) is 11.5 Å². The maximum Gasteiger partial charge on any atom is 0.133 e. The van der Waals surface area contributed by atoms with Gasteiger partial charge in [0.05, 0.1) is 5.69 Å². The molecule has 0 bridgehead atoms. The summed E-state index contributed by atoms with van der Waals surface area (Å²) in [5.41, 5.74) is 3.04. The van der Waals surface area contributed by atoms with Crippen LogP contribution in [0.25, 0.3) is 0 Å². The molecule has 3 nitrogen and oxygen atoms in total. The van der Waals surface area contributed by atoms with Crippen LogP contribution >= 0.6 is 11.6 Å². The number of ether oxygens (including phenoxy) is 1. The normalized spacial score (nSPS) is 10.7. The molecule has 1 N–H and O–H groups in total. The van der Waals surface area contributed by atoms with Crippen molar-refractivity contribution in [1.82, 2.24) is 10.3 Å². The Morgan fingerprint density at radius 1 is 1.19 bits per heavy atom. The Bertz CT molecular complexity index is 590. The number of aromatic nitrogens is 1. The van der Waals surface area contributed by atoms with Crippen molar-refractivity contribution in [2.24, 2.45) is 0 Å². The Kier molecular flexibility index (Phi) is 5.59. The van der Waals surface area contributed by atoms with E-state index in [1.54, 1.807) is 6.20 Å². The summed E-state index contributed by atoms with van der Waals surface area (Å²) in [7, 11) is 0. The first-order chi connectivity index (χ1) is 10.1. The molecular formula is C17H21ClN2O. The SMILES string of the molecule is CCCNCc1cc(Oc2c(C)cc(Cl)cc2C)ccn1. The molecule has 0 radical (unpaired) electrons. The summed E-state index contributed by atoms with van der Waals surface area (Å²) in [6.45, 7) is 7.88. The number of rotatable bonds is 6. The van der Waals surface area contributed by atoms with Crippen molar-refractivity contribution in [3.05, 3.63) is 52.3 Å². The summed E-state index contributed by atoms with van der Waals surface area (Å²) >= 11 is 6.05. The highest BCUT2D eigenvalue weighted by Crippen LogP contribution is 2.31. The number of nitrogens with zero attached hydrogens (tertiary/aromatic N) is 1. The van der Waals surface area contributed by atoms with Crippen LogP contribution in [0.2, 0.25) is 5.02 Å². The summed E-state index contributed by atoms with van der Waals surface area (Å²) in [5, 5.41) is 4.07. The molecule has 0 fully saturated rings. The molecule has 4 heteroatoms. The van der Waals surface area contributed by atoms with Gasteiger partial charge in [0.25, 0.3) is 0 Å². The van der Waals surface area contributed by atoms with Crippen LogP contribution in [0.4, 0.5) is 0 Å². The molecule has 21 heavy (non-hydrogen) atoms. The van der Waals surface area contributed by atoms with Gasteiger partial charge in [0, 0.05) is 23.8 Å². The van der Waals surface area contributed by atoms with E-state index in [2.05, 4.69) is 17.2 Å². The van der Waals surface area contributed by atoms with Crippen molar-refractivity contribution < 1.29 is 4.74 Å². The molecule has 2 aromatic rings. The van der Waals surface area contributed by atoms with Crippen LogP contribution in [0.5, 0.6) is 11.5 Å². The molecule has 0 spiro atoms. The van der Waals surface area contributed by atoms with Crippen LogP contribution in [0.3, 0.4) is 0 Å². The quantitative estimate of drug-likeness (QED) is 0.789. The van der Waals surface area contributed by atoms with E-state index < -0.39 is 0 Å². The Morgan fingerprint density at radius 3 is 2.57 bits per heavy atom. The monoisotopic (exact) mass is 304 g/mol.